The molecular weight excluding hydrogens is 212 g/mol. The van der Waals surface area contributed by atoms with Gasteiger partial charge in [0.2, 0.25) is 0 Å². The first-order valence-corrected chi connectivity index (χ1v) is 6.23. The number of aromatic nitrogens is 1. The van der Waals surface area contributed by atoms with Gasteiger partial charge in [-0.15, -0.1) is 0 Å². The van der Waals surface area contributed by atoms with Crippen LogP contribution in [0.15, 0.2) is 18.5 Å². The molecule has 2 rings (SSSR count). The van der Waals surface area contributed by atoms with E-state index in [0.717, 1.165) is 24.1 Å². The van der Waals surface area contributed by atoms with Crippen LogP contribution in [-0.4, -0.2) is 15.7 Å². The third-order valence-corrected chi connectivity index (χ3v) is 4.00. The van der Waals surface area contributed by atoms with Gasteiger partial charge in [-0.3, -0.25) is 4.98 Å². The number of nitrogen functional groups attached to an aromatic ring is 1. The molecule has 1 saturated carbocycles. The smallest absolute Gasteiger partial charge is 0.0719 e. The average Bonchev–Trinajstić information content (AvgIpc) is 2.39. The molecule has 3 N–H and O–H groups in total. The molecule has 0 radical (unpaired) electrons. The molecule has 0 aromatic carbocycles. The Kier molecular flexibility index (Phi) is 2.90. The van der Waals surface area contributed by atoms with Crippen molar-refractivity contribution in [1.29, 1.82) is 0 Å². The molecule has 1 aliphatic carbocycles. The largest absolute Gasteiger partial charge is 0.398 e. The zero-order valence-electron chi connectivity index (χ0n) is 10.9. The normalized spacial score (nSPS) is 31.6. The van der Waals surface area contributed by atoms with Gasteiger partial charge >= 0.3 is 0 Å². The van der Waals surface area contributed by atoms with Crippen LogP contribution in [0.5, 0.6) is 0 Å². The van der Waals surface area contributed by atoms with E-state index < -0.39 is 5.60 Å². The minimum absolute atomic E-state index is 0.213. The van der Waals surface area contributed by atoms with Crippen molar-refractivity contribution in [3.05, 3.63) is 24.0 Å². The number of nitrogens with zero attached hydrogens (tertiary/aromatic N) is 1. The maximum Gasteiger partial charge on any atom is 0.0719 e. The van der Waals surface area contributed by atoms with Crippen molar-refractivity contribution in [3.8, 4) is 0 Å². The second kappa shape index (κ2) is 3.98. The van der Waals surface area contributed by atoms with Crippen molar-refractivity contribution in [1.82, 2.24) is 4.98 Å². The van der Waals surface area contributed by atoms with Crippen molar-refractivity contribution < 1.29 is 5.11 Å². The van der Waals surface area contributed by atoms with Gasteiger partial charge in [-0.2, -0.15) is 0 Å². The monoisotopic (exact) mass is 234 g/mol. The number of nitrogens with two attached hydrogens (primary N) is 1. The lowest BCUT2D eigenvalue weighted by atomic mass is 9.84. The molecule has 0 bridgehead atoms. The second-order valence-corrected chi connectivity index (χ2v) is 6.30. The molecule has 0 saturated heterocycles. The number of anilines is 1. The van der Waals surface area contributed by atoms with Gasteiger partial charge < -0.3 is 10.8 Å². The summed E-state index contributed by atoms with van der Waals surface area (Å²) in [7, 11) is 0. The molecule has 3 nitrogen and oxygen atoms in total. The van der Waals surface area contributed by atoms with Crippen LogP contribution in [0.1, 0.15) is 39.2 Å². The summed E-state index contributed by atoms with van der Waals surface area (Å²) < 4.78 is 0. The molecule has 0 aliphatic heterocycles. The van der Waals surface area contributed by atoms with Crippen LogP contribution >= 0.6 is 0 Å². The van der Waals surface area contributed by atoms with E-state index in [1.54, 1.807) is 18.5 Å². The minimum atomic E-state index is -0.638. The Morgan fingerprint density at radius 1 is 1.53 bits per heavy atom. The first kappa shape index (κ1) is 12.4. The van der Waals surface area contributed by atoms with Crippen LogP contribution in [0.25, 0.3) is 0 Å². The summed E-state index contributed by atoms with van der Waals surface area (Å²) in [5.74, 6) is 0.303. The van der Waals surface area contributed by atoms with Gasteiger partial charge in [0.1, 0.15) is 0 Å². The van der Waals surface area contributed by atoms with E-state index in [2.05, 4.69) is 25.8 Å². The van der Waals surface area contributed by atoms with Gasteiger partial charge in [-0.25, -0.2) is 0 Å². The molecular formula is C14H22N2O. The molecule has 17 heavy (non-hydrogen) atoms. The van der Waals surface area contributed by atoms with Crippen molar-refractivity contribution in [2.45, 2.75) is 45.6 Å². The van der Waals surface area contributed by atoms with E-state index in [4.69, 9.17) is 5.73 Å². The second-order valence-electron chi connectivity index (χ2n) is 6.30. The molecule has 1 fully saturated rings. The highest BCUT2D eigenvalue weighted by Crippen LogP contribution is 2.48. The van der Waals surface area contributed by atoms with Gasteiger partial charge in [0.05, 0.1) is 5.60 Å². The van der Waals surface area contributed by atoms with E-state index in [0.29, 0.717) is 12.3 Å². The van der Waals surface area contributed by atoms with Gasteiger partial charge in [-0.1, -0.05) is 20.8 Å². The fraction of sp³-hybridized carbons (Fsp3) is 0.643. The van der Waals surface area contributed by atoms with Crippen LogP contribution in [0.2, 0.25) is 0 Å². The highest BCUT2D eigenvalue weighted by Gasteiger charge is 2.47. The van der Waals surface area contributed by atoms with Crippen molar-refractivity contribution in [2.75, 3.05) is 5.73 Å². The third-order valence-electron chi connectivity index (χ3n) is 4.00. The quantitative estimate of drug-likeness (QED) is 0.826. The van der Waals surface area contributed by atoms with E-state index in [-0.39, 0.29) is 5.41 Å². The van der Waals surface area contributed by atoms with E-state index >= 15 is 0 Å². The first-order valence-electron chi connectivity index (χ1n) is 6.23. The summed E-state index contributed by atoms with van der Waals surface area (Å²) in [4.78, 5) is 4.09. The molecule has 2 atom stereocenters. The predicted molar refractivity (Wildman–Crippen MR) is 69.5 cm³/mol. The Labute approximate surface area is 103 Å². The molecule has 3 heteroatoms. The van der Waals surface area contributed by atoms with Crippen LogP contribution < -0.4 is 5.73 Å². The molecule has 1 aromatic heterocycles. The molecule has 0 amide bonds. The Balaban J connectivity index is 2.21. The van der Waals surface area contributed by atoms with Gasteiger partial charge in [-0.05, 0) is 35.8 Å². The summed E-state index contributed by atoms with van der Waals surface area (Å²) in [6.07, 6.45) is 5.95. The SMILES string of the molecule is CC1CC(C)(C)CC1(O)Cc1cnccc1N. The highest BCUT2D eigenvalue weighted by atomic mass is 16.3. The van der Waals surface area contributed by atoms with Crippen molar-refractivity contribution >= 4 is 5.69 Å². The predicted octanol–water partition coefficient (Wildman–Crippen LogP) is 2.39. The van der Waals surface area contributed by atoms with Gasteiger partial charge in [0.15, 0.2) is 0 Å². The Hall–Kier alpha value is -1.09. The Morgan fingerprint density at radius 2 is 2.24 bits per heavy atom. The van der Waals surface area contributed by atoms with Gasteiger partial charge in [0.25, 0.3) is 0 Å². The first-order chi connectivity index (χ1) is 7.82. The van der Waals surface area contributed by atoms with E-state index in [1.807, 2.05) is 0 Å². The third kappa shape index (κ3) is 2.44. The summed E-state index contributed by atoms with van der Waals surface area (Å²) in [5.41, 5.74) is 7.18. The van der Waals surface area contributed by atoms with Crippen molar-refractivity contribution in [3.63, 3.8) is 0 Å². The highest BCUT2D eigenvalue weighted by molar-refractivity contribution is 5.45. The lowest BCUT2D eigenvalue weighted by molar-refractivity contribution is 0.00452. The molecule has 1 aromatic rings. The van der Waals surface area contributed by atoms with Crippen LogP contribution in [0.3, 0.4) is 0 Å². The van der Waals surface area contributed by atoms with Crippen molar-refractivity contribution in [2.24, 2.45) is 11.3 Å². The fourth-order valence-corrected chi connectivity index (χ4v) is 3.25. The lowest BCUT2D eigenvalue weighted by Gasteiger charge is -2.29. The Morgan fingerprint density at radius 3 is 2.76 bits per heavy atom. The fourth-order valence-electron chi connectivity index (χ4n) is 3.25. The molecule has 1 heterocycles. The Bertz CT molecular complexity index is 416. The van der Waals surface area contributed by atoms with Crippen LogP contribution in [-0.2, 0) is 6.42 Å². The standard InChI is InChI=1S/C14H22N2O/c1-10-6-13(2,3)9-14(10,17)7-11-8-16-5-4-12(11)15/h4-5,8,10,17H,6-7,9H2,1-3H3,(H2,15,16). The maximum absolute atomic E-state index is 10.8. The summed E-state index contributed by atoms with van der Waals surface area (Å²) >= 11 is 0. The molecule has 0 spiro atoms. The van der Waals surface area contributed by atoms with Crippen LogP contribution in [0.4, 0.5) is 5.69 Å². The zero-order chi connectivity index (χ0) is 12.7. The number of hydrogen-bond donors (Lipinski definition) is 2. The summed E-state index contributed by atoms with van der Waals surface area (Å²) in [6.45, 7) is 6.56. The number of rotatable bonds is 2. The topological polar surface area (TPSA) is 59.1 Å². The van der Waals surface area contributed by atoms with E-state index in [9.17, 15) is 5.11 Å². The number of aliphatic hydroxyl groups is 1. The average molecular weight is 234 g/mol. The minimum Gasteiger partial charge on any atom is -0.398 e. The van der Waals surface area contributed by atoms with Crippen LogP contribution in [0, 0.1) is 11.3 Å². The number of hydrogen-bond acceptors (Lipinski definition) is 3. The molecule has 94 valence electrons. The van der Waals surface area contributed by atoms with E-state index in [1.165, 1.54) is 0 Å². The molecule has 2 unspecified atom stereocenters. The molecule has 1 aliphatic rings. The number of pyridine rings is 1. The summed E-state index contributed by atoms with van der Waals surface area (Å²) in [6, 6.07) is 1.80. The maximum atomic E-state index is 10.8. The van der Waals surface area contributed by atoms with Gasteiger partial charge in [0, 0.05) is 24.5 Å². The lowest BCUT2D eigenvalue weighted by Crippen LogP contribution is -2.35. The zero-order valence-corrected chi connectivity index (χ0v) is 10.9. The summed E-state index contributed by atoms with van der Waals surface area (Å²) in [5, 5.41) is 10.8.